The standard InChI is InChI=1S/C24H31N7O3S.ClH/c1-29(2)23(32)21-13-16-14-26-24(28-22(16)31(21)19-5-3-4-6-19)27-18-7-9-20(10-8-18)35(33,34)30-12-11-17(25)15-30;/h7-10,13-14,17,19H,3-6,11-12,15,25H2,1-2H3,(H,26,27,28);1H/t17-;/m0./s1. The van der Waals surface area contributed by atoms with Crippen molar-refractivity contribution in [2.75, 3.05) is 32.5 Å². The van der Waals surface area contributed by atoms with Gasteiger partial charge in [-0.05, 0) is 49.6 Å². The number of carbonyl (C=O) groups excluding carboxylic acids is 1. The molecule has 1 amide bonds. The summed E-state index contributed by atoms with van der Waals surface area (Å²) in [5.41, 5.74) is 7.90. The van der Waals surface area contributed by atoms with Crippen molar-refractivity contribution in [2.24, 2.45) is 5.73 Å². The van der Waals surface area contributed by atoms with Gasteiger partial charge in [0, 0.05) is 56.5 Å². The summed E-state index contributed by atoms with van der Waals surface area (Å²) in [6.07, 6.45) is 6.69. The van der Waals surface area contributed by atoms with Crippen molar-refractivity contribution < 1.29 is 13.2 Å². The molecule has 5 rings (SSSR count). The monoisotopic (exact) mass is 533 g/mol. The fourth-order valence-corrected chi connectivity index (χ4v) is 6.47. The van der Waals surface area contributed by atoms with Crippen LogP contribution in [0.1, 0.15) is 48.6 Å². The Morgan fingerprint density at radius 1 is 1.14 bits per heavy atom. The summed E-state index contributed by atoms with van der Waals surface area (Å²) in [6.45, 7) is 0.783. The van der Waals surface area contributed by atoms with Crippen molar-refractivity contribution in [3.63, 3.8) is 0 Å². The summed E-state index contributed by atoms with van der Waals surface area (Å²) in [4.78, 5) is 23.9. The van der Waals surface area contributed by atoms with Gasteiger partial charge in [0.1, 0.15) is 11.3 Å². The Morgan fingerprint density at radius 2 is 1.83 bits per heavy atom. The highest BCUT2D eigenvalue weighted by molar-refractivity contribution is 7.89. The molecule has 2 aliphatic rings. The van der Waals surface area contributed by atoms with E-state index in [-0.39, 0.29) is 35.3 Å². The molecular weight excluding hydrogens is 502 g/mol. The third-order valence-electron chi connectivity index (χ3n) is 6.83. The van der Waals surface area contributed by atoms with Crippen molar-refractivity contribution >= 4 is 51.0 Å². The highest BCUT2D eigenvalue weighted by atomic mass is 35.5. The lowest BCUT2D eigenvalue weighted by atomic mass is 10.2. The Balaban J connectivity index is 0.00000304. The van der Waals surface area contributed by atoms with Crippen LogP contribution in [0.3, 0.4) is 0 Å². The van der Waals surface area contributed by atoms with E-state index in [0.29, 0.717) is 36.8 Å². The maximum Gasteiger partial charge on any atom is 0.270 e. The van der Waals surface area contributed by atoms with Gasteiger partial charge in [-0.1, -0.05) is 12.8 Å². The van der Waals surface area contributed by atoms with E-state index in [9.17, 15) is 13.2 Å². The van der Waals surface area contributed by atoms with Gasteiger partial charge >= 0.3 is 0 Å². The number of benzene rings is 1. The topological polar surface area (TPSA) is 126 Å². The number of fused-ring (bicyclic) bond motifs is 1. The zero-order valence-corrected chi connectivity index (χ0v) is 22.1. The maximum absolute atomic E-state index is 12.9. The number of nitrogens with zero attached hydrogens (tertiary/aromatic N) is 5. The lowest BCUT2D eigenvalue weighted by molar-refractivity contribution is 0.0815. The zero-order valence-electron chi connectivity index (χ0n) is 20.4. The highest BCUT2D eigenvalue weighted by Gasteiger charge is 2.31. The first-order valence-electron chi connectivity index (χ1n) is 12.0. The molecule has 3 aromatic rings. The Hall–Kier alpha value is -2.73. The lowest BCUT2D eigenvalue weighted by Gasteiger charge is -2.19. The van der Waals surface area contributed by atoms with Gasteiger partial charge in [-0.3, -0.25) is 4.79 Å². The molecule has 2 aromatic heterocycles. The van der Waals surface area contributed by atoms with E-state index in [1.165, 1.54) is 4.31 Å². The summed E-state index contributed by atoms with van der Waals surface area (Å²) in [6, 6.07) is 8.54. The second-order valence-corrected chi connectivity index (χ2v) is 11.5. The maximum atomic E-state index is 12.9. The van der Waals surface area contributed by atoms with Gasteiger partial charge in [0.25, 0.3) is 5.91 Å². The number of sulfonamides is 1. The normalized spacial score (nSPS) is 18.9. The molecule has 36 heavy (non-hydrogen) atoms. The van der Waals surface area contributed by atoms with Crippen LogP contribution >= 0.6 is 12.4 Å². The van der Waals surface area contributed by atoms with Crippen molar-refractivity contribution in [1.82, 2.24) is 23.7 Å². The van der Waals surface area contributed by atoms with Crippen LogP contribution in [0.25, 0.3) is 11.0 Å². The summed E-state index contributed by atoms with van der Waals surface area (Å²) in [5.74, 6) is 0.333. The van der Waals surface area contributed by atoms with Crippen LogP contribution in [0.15, 0.2) is 41.4 Å². The molecule has 0 spiro atoms. The average Bonchev–Trinajstić information content (AvgIpc) is 3.58. The van der Waals surface area contributed by atoms with Crippen LogP contribution in [0.2, 0.25) is 0 Å². The highest BCUT2D eigenvalue weighted by Crippen LogP contribution is 2.35. The second-order valence-electron chi connectivity index (χ2n) is 9.57. The molecular formula is C24H32ClN7O3S. The number of nitrogens with two attached hydrogens (primary N) is 1. The largest absolute Gasteiger partial charge is 0.343 e. The minimum absolute atomic E-state index is 0. The summed E-state index contributed by atoms with van der Waals surface area (Å²) >= 11 is 0. The van der Waals surface area contributed by atoms with Gasteiger partial charge in [-0.25, -0.2) is 13.4 Å². The fourth-order valence-electron chi connectivity index (χ4n) is 4.95. The van der Waals surface area contributed by atoms with E-state index in [2.05, 4.69) is 14.9 Å². The molecule has 10 nitrogen and oxygen atoms in total. The van der Waals surface area contributed by atoms with Crippen molar-refractivity contribution in [2.45, 2.75) is 49.1 Å². The zero-order chi connectivity index (χ0) is 24.7. The smallest absolute Gasteiger partial charge is 0.270 e. The van der Waals surface area contributed by atoms with Crippen molar-refractivity contribution in [1.29, 1.82) is 0 Å². The van der Waals surface area contributed by atoms with Crippen molar-refractivity contribution in [3.05, 3.63) is 42.2 Å². The second kappa shape index (κ2) is 10.3. The number of hydrogen-bond acceptors (Lipinski definition) is 7. The van der Waals surface area contributed by atoms with Crippen LogP contribution < -0.4 is 11.1 Å². The quantitative estimate of drug-likeness (QED) is 0.498. The Bertz CT molecular complexity index is 1350. The Morgan fingerprint density at radius 3 is 2.44 bits per heavy atom. The van der Waals surface area contributed by atoms with E-state index >= 15 is 0 Å². The van der Waals surface area contributed by atoms with Gasteiger partial charge < -0.3 is 20.5 Å². The molecule has 1 aromatic carbocycles. The molecule has 3 N–H and O–H groups in total. The summed E-state index contributed by atoms with van der Waals surface area (Å²) in [5, 5.41) is 3.99. The van der Waals surface area contributed by atoms with Crippen LogP contribution in [0, 0.1) is 0 Å². The SMILES string of the molecule is CN(C)C(=O)c1cc2cnc(Nc3ccc(S(=O)(=O)N4CC[C@H](N)C4)cc3)nc2n1C1CCCC1.Cl. The Kier molecular flexibility index (Phi) is 7.56. The van der Waals surface area contributed by atoms with E-state index in [1.807, 2.05) is 6.07 Å². The number of amides is 1. The molecule has 0 bridgehead atoms. The predicted octanol–water partition coefficient (Wildman–Crippen LogP) is 3.14. The number of hydrogen-bond donors (Lipinski definition) is 2. The Labute approximate surface area is 217 Å². The molecule has 3 heterocycles. The lowest BCUT2D eigenvalue weighted by Crippen LogP contribution is -2.31. The van der Waals surface area contributed by atoms with Crippen LogP contribution in [-0.2, 0) is 10.0 Å². The van der Waals surface area contributed by atoms with E-state index in [4.69, 9.17) is 10.7 Å². The molecule has 0 unspecified atom stereocenters. The molecule has 0 radical (unpaired) electrons. The summed E-state index contributed by atoms with van der Waals surface area (Å²) < 4.78 is 29.2. The number of halogens is 1. The van der Waals surface area contributed by atoms with E-state index in [1.54, 1.807) is 49.5 Å². The third-order valence-corrected chi connectivity index (χ3v) is 8.71. The fraction of sp³-hybridized carbons (Fsp3) is 0.458. The van der Waals surface area contributed by atoms with Crippen molar-refractivity contribution in [3.8, 4) is 0 Å². The molecule has 1 atom stereocenters. The molecule has 1 saturated heterocycles. The molecule has 1 aliphatic heterocycles. The van der Waals surface area contributed by atoms with Gasteiger partial charge in [0.05, 0.1) is 4.90 Å². The molecule has 1 saturated carbocycles. The number of rotatable bonds is 6. The number of carbonyl (C=O) groups is 1. The number of nitrogens with one attached hydrogen (secondary N) is 1. The molecule has 1 aliphatic carbocycles. The first kappa shape index (κ1) is 26.3. The van der Waals surface area contributed by atoms with Crippen LogP contribution in [0.4, 0.5) is 11.6 Å². The van der Waals surface area contributed by atoms with Gasteiger partial charge in [0.15, 0.2) is 0 Å². The van der Waals surface area contributed by atoms with E-state index in [0.717, 1.165) is 36.7 Å². The summed E-state index contributed by atoms with van der Waals surface area (Å²) in [7, 11) is -0.0634. The van der Waals surface area contributed by atoms with Crippen LogP contribution in [-0.4, -0.2) is 71.3 Å². The van der Waals surface area contributed by atoms with Gasteiger partial charge in [-0.2, -0.15) is 9.29 Å². The van der Waals surface area contributed by atoms with Gasteiger partial charge in [-0.15, -0.1) is 12.4 Å². The minimum atomic E-state index is -3.56. The number of aromatic nitrogens is 3. The first-order chi connectivity index (χ1) is 16.7. The van der Waals surface area contributed by atoms with Crippen LogP contribution in [0.5, 0.6) is 0 Å². The molecule has 12 heteroatoms. The molecule has 194 valence electrons. The average molecular weight is 534 g/mol. The minimum Gasteiger partial charge on any atom is -0.343 e. The molecule has 2 fully saturated rings. The first-order valence-corrected chi connectivity index (χ1v) is 13.4. The third kappa shape index (κ3) is 4.93. The van der Waals surface area contributed by atoms with E-state index < -0.39 is 10.0 Å². The van der Waals surface area contributed by atoms with Gasteiger partial charge in [0.2, 0.25) is 16.0 Å². The predicted molar refractivity (Wildman–Crippen MR) is 141 cm³/mol. The number of anilines is 2.